The molecular formula is C23H39N5. The molecule has 5 heteroatoms. The smallest absolute Gasteiger partial charge is 0.0574 e. The fourth-order valence-electron chi connectivity index (χ4n) is 5.43. The van der Waals surface area contributed by atoms with Gasteiger partial charge < -0.3 is 21.3 Å². The molecule has 0 aromatic carbocycles. The van der Waals surface area contributed by atoms with Gasteiger partial charge in [-0.05, 0) is 51.7 Å². The van der Waals surface area contributed by atoms with E-state index in [0.717, 1.165) is 13.1 Å². The molecule has 2 unspecified atom stereocenters. The Labute approximate surface area is 170 Å². The van der Waals surface area contributed by atoms with Crippen LogP contribution >= 0.6 is 0 Å². The summed E-state index contributed by atoms with van der Waals surface area (Å²) in [4.78, 5) is 5.06. The number of nitrogens with one attached hydrogen (secondary N) is 4. The van der Waals surface area contributed by atoms with Crippen molar-refractivity contribution in [1.82, 2.24) is 26.3 Å². The van der Waals surface area contributed by atoms with E-state index in [0.29, 0.717) is 24.2 Å². The molecule has 28 heavy (non-hydrogen) atoms. The Morgan fingerprint density at radius 2 is 1.11 bits per heavy atom. The van der Waals surface area contributed by atoms with Gasteiger partial charge in [0, 0.05) is 49.3 Å². The molecule has 0 amide bonds. The van der Waals surface area contributed by atoms with Gasteiger partial charge in [0.2, 0.25) is 0 Å². The van der Waals surface area contributed by atoms with Crippen LogP contribution in [-0.4, -0.2) is 42.2 Å². The Balaban J connectivity index is 1.56. The van der Waals surface area contributed by atoms with Crippen LogP contribution in [0.25, 0.3) is 0 Å². The molecule has 2 fully saturated rings. The Kier molecular flexibility index (Phi) is 6.99. The SMILES string of the molecule is C[C@@H]1N[C@@H]2CCCCC2NCCNC2CCCC[C@H]2N[C@H](C)c2cccc1n2. The number of pyridine rings is 1. The van der Waals surface area contributed by atoms with E-state index in [4.69, 9.17) is 4.98 Å². The van der Waals surface area contributed by atoms with Crippen molar-refractivity contribution >= 4 is 0 Å². The zero-order chi connectivity index (χ0) is 19.3. The molecule has 4 N–H and O–H groups in total. The molecule has 2 aliphatic carbocycles. The summed E-state index contributed by atoms with van der Waals surface area (Å²) in [5, 5.41) is 15.5. The van der Waals surface area contributed by atoms with Gasteiger partial charge in [-0.25, -0.2) is 0 Å². The lowest BCUT2D eigenvalue weighted by molar-refractivity contribution is 0.254. The molecule has 6 atom stereocenters. The van der Waals surface area contributed by atoms with E-state index in [1.165, 1.54) is 62.8 Å². The summed E-state index contributed by atoms with van der Waals surface area (Å²) in [6.45, 7) is 6.66. The van der Waals surface area contributed by atoms with Crippen molar-refractivity contribution in [3.05, 3.63) is 29.6 Å². The van der Waals surface area contributed by atoms with Crippen LogP contribution in [0.15, 0.2) is 18.2 Å². The highest BCUT2D eigenvalue weighted by molar-refractivity contribution is 5.17. The maximum absolute atomic E-state index is 5.06. The van der Waals surface area contributed by atoms with Crippen LogP contribution in [0.5, 0.6) is 0 Å². The third kappa shape index (κ3) is 4.93. The summed E-state index contributed by atoms with van der Waals surface area (Å²) in [5.41, 5.74) is 2.34. The second kappa shape index (κ2) is 9.66. The first-order chi connectivity index (χ1) is 13.7. The molecule has 1 aliphatic heterocycles. The van der Waals surface area contributed by atoms with E-state index in [1.807, 2.05) is 0 Å². The van der Waals surface area contributed by atoms with Gasteiger partial charge in [-0.3, -0.25) is 4.98 Å². The number of fused-ring (bicyclic) bond motifs is 4. The zero-order valence-corrected chi connectivity index (χ0v) is 17.7. The average molecular weight is 386 g/mol. The lowest BCUT2D eigenvalue weighted by Crippen LogP contribution is -2.54. The van der Waals surface area contributed by atoms with Crippen molar-refractivity contribution in [1.29, 1.82) is 0 Å². The minimum absolute atomic E-state index is 0.283. The Hall–Kier alpha value is -1.01. The predicted molar refractivity (Wildman–Crippen MR) is 115 cm³/mol. The number of hydrogen-bond donors (Lipinski definition) is 4. The van der Waals surface area contributed by atoms with Crippen LogP contribution in [0.2, 0.25) is 0 Å². The first-order valence-electron chi connectivity index (χ1n) is 11.7. The molecule has 0 saturated heterocycles. The summed E-state index contributed by atoms with van der Waals surface area (Å²) in [5.74, 6) is 0. The summed E-state index contributed by atoms with van der Waals surface area (Å²) in [7, 11) is 0. The van der Waals surface area contributed by atoms with E-state index >= 15 is 0 Å². The first-order valence-corrected chi connectivity index (χ1v) is 11.7. The molecule has 0 spiro atoms. The Morgan fingerprint density at radius 3 is 1.57 bits per heavy atom. The van der Waals surface area contributed by atoms with Gasteiger partial charge in [0.1, 0.15) is 0 Å². The van der Waals surface area contributed by atoms with E-state index in [2.05, 4.69) is 53.3 Å². The monoisotopic (exact) mass is 385 g/mol. The minimum Gasteiger partial charge on any atom is -0.311 e. The normalized spacial score (nSPS) is 37.8. The van der Waals surface area contributed by atoms with E-state index in [9.17, 15) is 0 Å². The van der Waals surface area contributed by atoms with Gasteiger partial charge in [0.15, 0.2) is 0 Å². The highest BCUT2D eigenvalue weighted by Gasteiger charge is 2.29. The molecule has 4 rings (SSSR count). The summed E-state index contributed by atoms with van der Waals surface area (Å²) in [6, 6.07) is 9.34. The highest BCUT2D eigenvalue weighted by atomic mass is 15.1. The van der Waals surface area contributed by atoms with E-state index in [-0.39, 0.29) is 12.1 Å². The summed E-state index contributed by atoms with van der Waals surface area (Å²) < 4.78 is 0. The van der Waals surface area contributed by atoms with Crippen LogP contribution < -0.4 is 21.3 Å². The molecule has 5 nitrogen and oxygen atoms in total. The third-order valence-corrected chi connectivity index (χ3v) is 7.08. The molecule has 156 valence electrons. The highest BCUT2D eigenvalue weighted by Crippen LogP contribution is 2.24. The molecular weight excluding hydrogens is 346 g/mol. The van der Waals surface area contributed by atoms with Crippen molar-refractivity contribution in [3.63, 3.8) is 0 Å². The topological polar surface area (TPSA) is 61.0 Å². The standard InChI is InChI=1S/C23H39N5/c1-16-18-12-7-13-19(28-18)17(2)27-23-11-6-4-9-21(23)25-15-14-24-20-8-3-5-10-22(20)26-16/h7,12-13,16-17,20-27H,3-6,8-11,14-15H2,1-2H3/t16-,17+,20?,21?,22-,23-/m1/s1. The molecule has 1 aromatic rings. The maximum Gasteiger partial charge on any atom is 0.0574 e. The van der Waals surface area contributed by atoms with Gasteiger partial charge in [-0.15, -0.1) is 0 Å². The number of nitrogens with zero attached hydrogens (tertiary/aromatic N) is 1. The number of hydrogen-bond acceptors (Lipinski definition) is 5. The van der Waals surface area contributed by atoms with Crippen molar-refractivity contribution in [2.75, 3.05) is 13.1 Å². The van der Waals surface area contributed by atoms with Crippen LogP contribution in [-0.2, 0) is 0 Å². The van der Waals surface area contributed by atoms with Crippen LogP contribution in [0.3, 0.4) is 0 Å². The van der Waals surface area contributed by atoms with Gasteiger partial charge in [0.25, 0.3) is 0 Å². The maximum atomic E-state index is 5.06. The zero-order valence-electron chi connectivity index (χ0n) is 17.7. The molecule has 2 bridgehead atoms. The van der Waals surface area contributed by atoms with Crippen molar-refractivity contribution < 1.29 is 0 Å². The summed E-state index contributed by atoms with van der Waals surface area (Å²) >= 11 is 0. The van der Waals surface area contributed by atoms with Gasteiger partial charge in [-0.1, -0.05) is 31.7 Å². The Morgan fingerprint density at radius 1 is 0.679 bits per heavy atom. The molecule has 2 heterocycles. The molecule has 1 aromatic heterocycles. The minimum atomic E-state index is 0.283. The average Bonchev–Trinajstić information content (AvgIpc) is 2.73. The summed E-state index contributed by atoms with van der Waals surface area (Å²) in [6.07, 6.45) is 10.4. The largest absolute Gasteiger partial charge is 0.311 e. The van der Waals surface area contributed by atoms with Crippen molar-refractivity contribution in [3.8, 4) is 0 Å². The quantitative estimate of drug-likeness (QED) is 0.552. The Bertz CT molecular complexity index is 572. The fraction of sp³-hybridized carbons (Fsp3) is 0.783. The van der Waals surface area contributed by atoms with Gasteiger partial charge >= 0.3 is 0 Å². The molecule has 0 radical (unpaired) electrons. The van der Waals surface area contributed by atoms with Gasteiger partial charge in [0.05, 0.1) is 11.4 Å². The van der Waals surface area contributed by atoms with E-state index < -0.39 is 0 Å². The molecule has 2 saturated carbocycles. The first kappa shape index (κ1) is 20.3. The second-order valence-electron chi connectivity index (χ2n) is 9.17. The van der Waals surface area contributed by atoms with Crippen LogP contribution in [0.1, 0.15) is 88.7 Å². The van der Waals surface area contributed by atoms with Crippen LogP contribution in [0, 0.1) is 0 Å². The third-order valence-electron chi connectivity index (χ3n) is 7.08. The number of rotatable bonds is 0. The van der Waals surface area contributed by atoms with Gasteiger partial charge in [-0.2, -0.15) is 0 Å². The van der Waals surface area contributed by atoms with Crippen molar-refractivity contribution in [2.45, 2.75) is 101 Å². The lowest BCUT2D eigenvalue weighted by atomic mass is 9.89. The second-order valence-corrected chi connectivity index (χ2v) is 9.17. The molecule has 3 aliphatic rings. The van der Waals surface area contributed by atoms with E-state index in [1.54, 1.807) is 0 Å². The fourth-order valence-corrected chi connectivity index (χ4v) is 5.43. The predicted octanol–water partition coefficient (Wildman–Crippen LogP) is 3.20. The lowest BCUT2D eigenvalue weighted by Gasteiger charge is -2.36. The number of aromatic nitrogens is 1. The van der Waals surface area contributed by atoms with Crippen LogP contribution in [0.4, 0.5) is 0 Å². The van der Waals surface area contributed by atoms with Crippen molar-refractivity contribution in [2.24, 2.45) is 0 Å².